The number of hydrogen-bond donors (Lipinski definition) is 1. The maximum atomic E-state index is 5.82. The molecule has 0 spiro atoms. The third kappa shape index (κ3) is 5.28. The van der Waals surface area contributed by atoms with E-state index in [4.69, 9.17) is 9.47 Å². The van der Waals surface area contributed by atoms with Crippen LogP contribution in [0.2, 0.25) is 0 Å². The van der Waals surface area contributed by atoms with Gasteiger partial charge < -0.3 is 14.8 Å². The first-order valence-corrected chi connectivity index (χ1v) is 9.06. The molecule has 0 fully saturated rings. The van der Waals surface area contributed by atoms with Gasteiger partial charge >= 0.3 is 0 Å². The summed E-state index contributed by atoms with van der Waals surface area (Å²) in [5.74, 6) is 1.64. The summed E-state index contributed by atoms with van der Waals surface area (Å²) in [6.07, 6.45) is 3.71. The van der Waals surface area contributed by atoms with E-state index in [9.17, 15) is 0 Å². The van der Waals surface area contributed by atoms with Crippen LogP contribution >= 0.6 is 0 Å². The van der Waals surface area contributed by atoms with Gasteiger partial charge in [-0.1, -0.05) is 25.1 Å². The number of ether oxygens (including phenoxy) is 2. The van der Waals surface area contributed by atoms with E-state index >= 15 is 0 Å². The van der Waals surface area contributed by atoms with Gasteiger partial charge in [-0.3, -0.25) is 0 Å². The van der Waals surface area contributed by atoms with Gasteiger partial charge in [0.2, 0.25) is 0 Å². The van der Waals surface area contributed by atoms with Crippen LogP contribution in [-0.4, -0.2) is 13.2 Å². The molecular weight excluding hydrogens is 310 g/mol. The van der Waals surface area contributed by atoms with Crippen LogP contribution in [-0.2, 0) is 19.4 Å². The van der Waals surface area contributed by atoms with Gasteiger partial charge in [-0.25, -0.2) is 0 Å². The largest absolute Gasteiger partial charge is 0.490 e. The van der Waals surface area contributed by atoms with E-state index in [1.54, 1.807) is 0 Å². The third-order valence-corrected chi connectivity index (χ3v) is 4.00. The topological polar surface area (TPSA) is 30.5 Å². The summed E-state index contributed by atoms with van der Waals surface area (Å²) in [5.41, 5.74) is 4.75. The molecule has 0 radical (unpaired) electrons. The molecule has 2 aromatic rings. The molecule has 0 aliphatic rings. The lowest BCUT2D eigenvalue weighted by Gasteiger charge is -2.17. The molecule has 0 aromatic heterocycles. The van der Waals surface area contributed by atoms with E-state index in [1.165, 1.54) is 11.1 Å². The van der Waals surface area contributed by atoms with Gasteiger partial charge in [0, 0.05) is 17.8 Å². The smallest absolute Gasteiger partial charge is 0.164 e. The molecule has 1 N–H and O–H groups in total. The highest BCUT2D eigenvalue weighted by Gasteiger charge is 2.13. The first-order chi connectivity index (χ1) is 12.2. The Hall–Kier alpha value is -2.42. The van der Waals surface area contributed by atoms with Crippen LogP contribution in [0.3, 0.4) is 0 Å². The van der Waals surface area contributed by atoms with Crippen LogP contribution in [0.5, 0.6) is 11.5 Å². The van der Waals surface area contributed by atoms with Gasteiger partial charge in [0.1, 0.15) is 0 Å². The lowest BCUT2D eigenvalue weighted by atomic mass is 10.1. The normalized spacial score (nSPS) is 10.4. The van der Waals surface area contributed by atoms with Crippen molar-refractivity contribution in [2.75, 3.05) is 18.5 Å². The molecule has 0 unspecified atom stereocenters. The number of anilines is 1. The minimum Gasteiger partial charge on any atom is -0.490 e. The first kappa shape index (κ1) is 18.9. The molecule has 2 aromatic carbocycles. The summed E-state index contributed by atoms with van der Waals surface area (Å²) in [5, 5.41) is 3.48. The molecule has 0 bridgehead atoms. The van der Waals surface area contributed by atoms with E-state index < -0.39 is 0 Å². The van der Waals surface area contributed by atoms with Gasteiger partial charge in [0.05, 0.1) is 13.2 Å². The number of rotatable bonds is 10. The number of nitrogens with one attached hydrogen (secondary N) is 1. The van der Waals surface area contributed by atoms with Crippen molar-refractivity contribution < 1.29 is 9.47 Å². The Morgan fingerprint density at radius 1 is 0.960 bits per heavy atom. The number of aryl methyl sites for hydroxylation is 1. The van der Waals surface area contributed by atoms with Gasteiger partial charge in [-0.15, -0.1) is 6.58 Å². The van der Waals surface area contributed by atoms with Crippen molar-refractivity contribution in [2.24, 2.45) is 0 Å². The lowest BCUT2D eigenvalue weighted by molar-refractivity contribution is 0.285. The fraction of sp³-hybridized carbons (Fsp3) is 0.364. The molecule has 0 amide bonds. The summed E-state index contributed by atoms with van der Waals surface area (Å²) in [6, 6.07) is 12.8. The second-order valence-corrected chi connectivity index (χ2v) is 5.85. The Bertz CT molecular complexity index is 677. The second-order valence-electron chi connectivity index (χ2n) is 5.85. The average Bonchev–Trinajstić information content (AvgIpc) is 2.63. The zero-order valence-electron chi connectivity index (χ0n) is 15.6. The molecule has 0 heterocycles. The van der Waals surface area contributed by atoms with Crippen molar-refractivity contribution in [3.05, 3.63) is 65.7 Å². The zero-order chi connectivity index (χ0) is 18.1. The molecule has 3 heteroatoms. The predicted molar refractivity (Wildman–Crippen MR) is 106 cm³/mol. The highest BCUT2D eigenvalue weighted by molar-refractivity contribution is 5.52. The summed E-state index contributed by atoms with van der Waals surface area (Å²) < 4.78 is 11.6. The van der Waals surface area contributed by atoms with E-state index in [0.29, 0.717) is 13.2 Å². The van der Waals surface area contributed by atoms with E-state index in [2.05, 4.69) is 55.2 Å². The van der Waals surface area contributed by atoms with Crippen LogP contribution in [0, 0.1) is 0 Å². The fourth-order valence-electron chi connectivity index (χ4n) is 2.77. The molecule has 0 aliphatic carbocycles. The van der Waals surface area contributed by atoms with Crippen LogP contribution in [0.15, 0.2) is 49.1 Å². The first-order valence-electron chi connectivity index (χ1n) is 9.06. The van der Waals surface area contributed by atoms with Crippen molar-refractivity contribution in [1.29, 1.82) is 0 Å². The Morgan fingerprint density at radius 2 is 1.68 bits per heavy atom. The predicted octanol–water partition coefficient (Wildman–Crippen LogP) is 5.39. The number of benzene rings is 2. The maximum absolute atomic E-state index is 5.82. The average molecular weight is 339 g/mol. The Balaban J connectivity index is 2.21. The van der Waals surface area contributed by atoms with E-state index in [-0.39, 0.29) is 0 Å². The monoisotopic (exact) mass is 339 g/mol. The summed E-state index contributed by atoms with van der Waals surface area (Å²) in [7, 11) is 0. The highest BCUT2D eigenvalue weighted by atomic mass is 16.5. The Kier molecular flexibility index (Phi) is 7.39. The lowest BCUT2D eigenvalue weighted by Crippen LogP contribution is -2.05. The van der Waals surface area contributed by atoms with Crippen molar-refractivity contribution in [1.82, 2.24) is 0 Å². The van der Waals surface area contributed by atoms with Gasteiger partial charge in [-0.2, -0.15) is 0 Å². The summed E-state index contributed by atoms with van der Waals surface area (Å²) in [4.78, 5) is 0. The molecule has 3 nitrogen and oxygen atoms in total. The molecule has 0 atom stereocenters. The molecule has 0 saturated heterocycles. The van der Waals surface area contributed by atoms with Crippen molar-refractivity contribution >= 4 is 5.69 Å². The Morgan fingerprint density at radius 3 is 2.28 bits per heavy atom. The minimum atomic E-state index is 0.614. The van der Waals surface area contributed by atoms with Gasteiger partial charge in [0.25, 0.3) is 0 Å². The SMILES string of the molecule is C=CCc1cc(CNc2ccc(CC)cc2)cc(OCC)c1OCC. The quantitative estimate of drug-likeness (QED) is 0.589. The second kappa shape index (κ2) is 9.77. The molecule has 2 rings (SSSR count). The van der Waals surface area contributed by atoms with Crippen LogP contribution in [0.25, 0.3) is 0 Å². The van der Waals surface area contributed by atoms with Crippen LogP contribution in [0.1, 0.15) is 37.5 Å². The highest BCUT2D eigenvalue weighted by Crippen LogP contribution is 2.34. The molecule has 0 aliphatic heterocycles. The van der Waals surface area contributed by atoms with Crippen LogP contribution < -0.4 is 14.8 Å². The molecular formula is C22H29NO2. The number of allylic oxidation sites excluding steroid dienone is 1. The molecule has 25 heavy (non-hydrogen) atoms. The third-order valence-electron chi connectivity index (χ3n) is 4.00. The summed E-state index contributed by atoms with van der Waals surface area (Å²) in [6.45, 7) is 12.0. The maximum Gasteiger partial charge on any atom is 0.164 e. The van der Waals surface area contributed by atoms with Gasteiger partial charge in [-0.05, 0) is 62.1 Å². The van der Waals surface area contributed by atoms with Crippen LogP contribution in [0.4, 0.5) is 5.69 Å². The van der Waals surface area contributed by atoms with Crippen molar-refractivity contribution in [3.63, 3.8) is 0 Å². The van der Waals surface area contributed by atoms with E-state index in [0.717, 1.165) is 42.1 Å². The van der Waals surface area contributed by atoms with E-state index in [1.807, 2.05) is 19.9 Å². The van der Waals surface area contributed by atoms with Crippen molar-refractivity contribution in [2.45, 2.75) is 40.2 Å². The number of hydrogen-bond acceptors (Lipinski definition) is 3. The fourth-order valence-corrected chi connectivity index (χ4v) is 2.77. The zero-order valence-corrected chi connectivity index (χ0v) is 15.6. The Labute approximate surface area is 151 Å². The minimum absolute atomic E-state index is 0.614. The molecule has 0 saturated carbocycles. The van der Waals surface area contributed by atoms with Gasteiger partial charge in [0.15, 0.2) is 11.5 Å². The van der Waals surface area contributed by atoms with Crippen molar-refractivity contribution in [3.8, 4) is 11.5 Å². The molecule has 134 valence electrons. The summed E-state index contributed by atoms with van der Waals surface area (Å²) >= 11 is 0. The standard InChI is InChI=1S/C22H29NO2/c1-5-9-19-14-18(15-21(24-7-3)22(19)25-8-4)16-23-20-12-10-17(6-2)11-13-20/h5,10-15,23H,1,6-9,16H2,2-4H3.